The monoisotopic (exact) mass is 535 g/mol. The van der Waals surface area contributed by atoms with E-state index in [0.29, 0.717) is 41.4 Å². The first-order valence-corrected chi connectivity index (χ1v) is 15.5. The first-order valence-electron chi connectivity index (χ1n) is 15.5. The van der Waals surface area contributed by atoms with E-state index in [4.69, 9.17) is 4.74 Å². The van der Waals surface area contributed by atoms with Crippen molar-refractivity contribution in [3.63, 3.8) is 0 Å². The molecule has 1 aromatic rings. The average molecular weight is 536 g/mol. The summed E-state index contributed by atoms with van der Waals surface area (Å²) in [6.07, 6.45) is 14.5. The lowest BCUT2D eigenvalue weighted by atomic mass is 9.51. The smallest absolute Gasteiger partial charge is 0.319 e. The SMILES string of the molecule is COc1cccc(NC(=O)NC2CCCC(C3CCCCC3)N(CC(=O)C3C4CC5CC(C4)CC3C5)C2=O)c1. The Morgan fingerprint density at radius 2 is 1.62 bits per heavy atom. The molecule has 6 fully saturated rings. The van der Waals surface area contributed by atoms with E-state index in [1.165, 1.54) is 51.4 Å². The molecule has 3 amide bonds. The maximum atomic E-state index is 14.1. The highest BCUT2D eigenvalue weighted by Crippen LogP contribution is 2.56. The largest absolute Gasteiger partial charge is 0.497 e. The van der Waals surface area contributed by atoms with Gasteiger partial charge in [0.25, 0.3) is 0 Å². The van der Waals surface area contributed by atoms with E-state index in [2.05, 4.69) is 10.6 Å². The highest BCUT2D eigenvalue weighted by molar-refractivity contribution is 5.95. The van der Waals surface area contributed by atoms with Crippen LogP contribution in [0.3, 0.4) is 0 Å². The fourth-order valence-corrected chi connectivity index (χ4v) is 9.26. The van der Waals surface area contributed by atoms with Gasteiger partial charge < -0.3 is 20.3 Å². The van der Waals surface area contributed by atoms with Crippen LogP contribution in [-0.2, 0) is 9.59 Å². The van der Waals surface area contributed by atoms with E-state index in [-0.39, 0.29) is 24.4 Å². The lowest BCUT2D eigenvalue weighted by molar-refractivity contribution is -0.146. The molecule has 5 aliphatic carbocycles. The number of anilines is 1. The summed E-state index contributed by atoms with van der Waals surface area (Å²) in [5.74, 6) is 4.15. The number of methoxy groups -OCH3 is 1. The highest BCUT2D eigenvalue weighted by Gasteiger charge is 2.51. The molecule has 7 nitrogen and oxygen atoms in total. The summed E-state index contributed by atoms with van der Waals surface area (Å²) in [4.78, 5) is 43.0. The number of rotatable bonds is 7. The van der Waals surface area contributed by atoms with E-state index < -0.39 is 12.1 Å². The lowest BCUT2D eigenvalue weighted by Crippen LogP contribution is -2.56. The number of hydrogen-bond donors (Lipinski definition) is 2. The zero-order chi connectivity index (χ0) is 26.9. The van der Waals surface area contributed by atoms with Gasteiger partial charge >= 0.3 is 6.03 Å². The minimum Gasteiger partial charge on any atom is -0.497 e. The molecule has 4 bridgehead atoms. The van der Waals surface area contributed by atoms with Crippen LogP contribution < -0.4 is 15.4 Å². The van der Waals surface area contributed by atoms with E-state index in [9.17, 15) is 14.4 Å². The number of amides is 3. The Morgan fingerprint density at radius 1 is 0.897 bits per heavy atom. The number of likely N-dealkylation sites (tertiary alicyclic amines) is 1. The predicted molar refractivity (Wildman–Crippen MR) is 150 cm³/mol. The molecular formula is C32H45N3O4. The minimum absolute atomic E-state index is 0.0685. The number of urea groups is 1. The quantitative estimate of drug-likeness (QED) is 0.463. The molecule has 2 unspecified atom stereocenters. The molecule has 0 aromatic heterocycles. The second kappa shape index (κ2) is 11.5. The Labute approximate surface area is 232 Å². The Bertz CT molecular complexity index is 1040. The van der Waals surface area contributed by atoms with Crippen LogP contribution in [0.1, 0.15) is 83.5 Å². The third-order valence-electron chi connectivity index (χ3n) is 10.7. The summed E-state index contributed by atoms with van der Waals surface area (Å²) in [6.45, 7) is 0.225. The molecule has 212 valence electrons. The number of ether oxygens (including phenoxy) is 1. The third kappa shape index (κ3) is 5.69. The van der Waals surface area contributed by atoms with Crippen LogP contribution in [0.25, 0.3) is 0 Å². The number of carbonyl (C=O) groups is 3. The molecule has 1 heterocycles. The maximum absolute atomic E-state index is 14.1. The highest BCUT2D eigenvalue weighted by atomic mass is 16.5. The summed E-state index contributed by atoms with van der Waals surface area (Å²) in [6, 6.07) is 6.28. The molecular weight excluding hydrogens is 490 g/mol. The summed E-state index contributed by atoms with van der Waals surface area (Å²) in [5.41, 5.74) is 0.613. The summed E-state index contributed by atoms with van der Waals surface area (Å²) >= 11 is 0. The van der Waals surface area contributed by atoms with E-state index in [1.807, 2.05) is 17.0 Å². The van der Waals surface area contributed by atoms with E-state index >= 15 is 0 Å². The molecule has 2 atom stereocenters. The van der Waals surface area contributed by atoms with E-state index in [0.717, 1.165) is 37.5 Å². The fraction of sp³-hybridized carbons (Fsp3) is 0.719. The number of benzene rings is 1. The summed E-state index contributed by atoms with van der Waals surface area (Å²) < 4.78 is 5.26. The zero-order valence-electron chi connectivity index (χ0n) is 23.4. The van der Waals surface area contributed by atoms with Crippen molar-refractivity contribution in [2.45, 2.75) is 95.6 Å². The number of carbonyl (C=O) groups excluding carboxylic acids is 3. The summed E-state index contributed by atoms with van der Waals surface area (Å²) in [5, 5.41) is 5.81. The molecule has 5 saturated carbocycles. The second-order valence-electron chi connectivity index (χ2n) is 13.2. The minimum atomic E-state index is -0.615. The molecule has 0 radical (unpaired) electrons. The number of Topliss-reactive ketones (excluding diaryl/α,β-unsaturated/α-hetero) is 1. The van der Waals surface area contributed by atoms with Crippen molar-refractivity contribution >= 4 is 23.4 Å². The Kier molecular flexibility index (Phi) is 7.86. The fourth-order valence-electron chi connectivity index (χ4n) is 9.26. The maximum Gasteiger partial charge on any atom is 0.319 e. The van der Waals surface area contributed by atoms with Gasteiger partial charge in [-0.3, -0.25) is 9.59 Å². The molecule has 1 saturated heterocycles. The number of hydrogen-bond acceptors (Lipinski definition) is 4. The van der Waals surface area contributed by atoms with Gasteiger partial charge in [-0.2, -0.15) is 0 Å². The van der Waals surface area contributed by atoms with Gasteiger partial charge in [0.2, 0.25) is 5.91 Å². The van der Waals surface area contributed by atoms with Crippen LogP contribution in [0.4, 0.5) is 10.5 Å². The first kappa shape index (κ1) is 26.6. The Balaban J connectivity index is 1.18. The second-order valence-corrected chi connectivity index (χ2v) is 13.2. The van der Waals surface area contributed by atoms with Crippen LogP contribution >= 0.6 is 0 Å². The molecule has 7 heteroatoms. The van der Waals surface area contributed by atoms with Gasteiger partial charge in [0, 0.05) is 23.7 Å². The van der Waals surface area contributed by atoms with Crippen LogP contribution in [0.5, 0.6) is 5.75 Å². The number of nitrogens with one attached hydrogen (secondary N) is 2. The van der Waals surface area contributed by atoms with Gasteiger partial charge in [-0.1, -0.05) is 25.3 Å². The molecule has 1 aromatic carbocycles. The normalized spacial score (nSPS) is 34.4. The number of nitrogens with zero attached hydrogens (tertiary/aromatic N) is 1. The average Bonchev–Trinajstić information content (AvgIpc) is 3.07. The molecule has 39 heavy (non-hydrogen) atoms. The topological polar surface area (TPSA) is 87.7 Å². The zero-order valence-corrected chi connectivity index (χ0v) is 23.4. The van der Waals surface area contributed by atoms with Gasteiger partial charge in [-0.25, -0.2) is 4.79 Å². The first-order chi connectivity index (χ1) is 19.0. The summed E-state index contributed by atoms with van der Waals surface area (Å²) in [7, 11) is 1.59. The van der Waals surface area contributed by atoms with E-state index in [1.54, 1.807) is 19.2 Å². The molecule has 7 rings (SSSR count). The standard InChI is InChI=1S/C32H45N3O4/c1-39-26-10-5-9-25(18-26)33-32(38)34-27-11-6-12-28(22-7-3-2-4-8-22)35(31(27)37)19-29(36)30-23-14-20-13-21(16-23)17-24(30)15-20/h5,9-10,18,20-24,27-28,30H,2-4,6-8,11-17,19H2,1H3,(H2,33,34,38). The third-order valence-corrected chi connectivity index (χ3v) is 10.7. The van der Waals surface area contributed by atoms with Crippen molar-refractivity contribution in [1.29, 1.82) is 0 Å². The molecule has 0 spiro atoms. The van der Waals surface area contributed by atoms with Gasteiger partial charge in [0.15, 0.2) is 5.78 Å². The van der Waals surface area contributed by atoms with Gasteiger partial charge in [0.1, 0.15) is 11.8 Å². The van der Waals surface area contributed by atoms with Crippen LogP contribution in [-0.4, -0.2) is 48.4 Å². The van der Waals surface area contributed by atoms with Crippen molar-refractivity contribution in [1.82, 2.24) is 10.2 Å². The van der Waals surface area contributed by atoms with Crippen LogP contribution in [0.15, 0.2) is 24.3 Å². The van der Waals surface area contributed by atoms with Crippen molar-refractivity contribution in [3.8, 4) is 5.75 Å². The molecule has 6 aliphatic rings. The Morgan fingerprint density at radius 3 is 2.31 bits per heavy atom. The number of ketones is 1. The van der Waals surface area contributed by atoms with Crippen molar-refractivity contribution < 1.29 is 19.1 Å². The van der Waals surface area contributed by atoms with Gasteiger partial charge in [-0.15, -0.1) is 0 Å². The van der Waals surface area contributed by atoms with Crippen LogP contribution in [0.2, 0.25) is 0 Å². The Hall–Kier alpha value is -2.57. The molecule has 1 aliphatic heterocycles. The van der Waals surface area contributed by atoms with Gasteiger partial charge in [-0.05, 0) is 106 Å². The lowest BCUT2D eigenvalue weighted by Gasteiger charge is -2.54. The predicted octanol–water partition coefficient (Wildman–Crippen LogP) is 5.79. The van der Waals surface area contributed by atoms with Crippen LogP contribution in [0, 0.1) is 35.5 Å². The van der Waals surface area contributed by atoms with Gasteiger partial charge in [0.05, 0.1) is 13.7 Å². The van der Waals surface area contributed by atoms with Crippen molar-refractivity contribution in [2.24, 2.45) is 35.5 Å². The van der Waals surface area contributed by atoms with Crippen molar-refractivity contribution in [2.75, 3.05) is 19.0 Å². The van der Waals surface area contributed by atoms with Crippen molar-refractivity contribution in [3.05, 3.63) is 24.3 Å². The molecule has 2 N–H and O–H groups in total.